The quantitative estimate of drug-likeness (QED) is 0.394. The maximum Gasteiger partial charge on any atom is 0.166 e. The molecule has 0 N–H and O–H groups in total. The van der Waals surface area contributed by atoms with Crippen LogP contribution in [0.5, 0.6) is 0 Å². The first kappa shape index (κ1) is 20.7. The van der Waals surface area contributed by atoms with Gasteiger partial charge < -0.3 is 0 Å². The van der Waals surface area contributed by atoms with Crippen LogP contribution in [0.4, 0.5) is 11.4 Å². The van der Waals surface area contributed by atoms with Crippen LogP contribution in [0.3, 0.4) is 0 Å². The van der Waals surface area contributed by atoms with Gasteiger partial charge in [-0.05, 0) is 61.1 Å². The molecule has 0 atom stereocenters. The Labute approximate surface area is 167 Å². The molecule has 138 valence electrons. The number of aryl methyl sites for hydroxylation is 2. The Kier molecular flexibility index (Phi) is 8.87. The molecular formula is C22H26Cl2N2. The van der Waals surface area contributed by atoms with Gasteiger partial charge in [0, 0.05) is 0 Å². The zero-order valence-electron chi connectivity index (χ0n) is 15.5. The average molecular weight is 389 g/mol. The molecule has 0 saturated carbocycles. The van der Waals surface area contributed by atoms with Gasteiger partial charge >= 0.3 is 0 Å². The highest BCUT2D eigenvalue weighted by molar-refractivity contribution is 7.00. The molecule has 0 saturated heterocycles. The largest absolute Gasteiger partial charge is 0.233 e. The number of hydrogen-bond donors (Lipinski definition) is 0. The average Bonchev–Trinajstić information content (AvgIpc) is 2.67. The van der Waals surface area contributed by atoms with E-state index in [1.807, 2.05) is 24.3 Å². The summed E-state index contributed by atoms with van der Waals surface area (Å²) in [5.41, 5.74) is 4.17. The third kappa shape index (κ3) is 6.93. The Morgan fingerprint density at radius 3 is 1.31 bits per heavy atom. The lowest BCUT2D eigenvalue weighted by Crippen LogP contribution is -1.98. The molecule has 2 aromatic rings. The highest BCUT2D eigenvalue weighted by atomic mass is 35.5. The Bertz CT molecular complexity index is 666. The van der Waals surface area contributed by atoms with E-state index >= 15 is 0 Å². The van der Waals surface area contributed by atoms with Gasteiger partial charge in [-0.25, -0.2) is 9.98 Å². The summed E-state index contributed by atoms with van der Waals surface area (Å²) >= 11 is 12.5. The third-order valence-corrected chi connectivity index (χ3v) is 4.76. The van der Waals surface area contributed by atoms with E-state index in [0.29, 0.717) is 0 Å². The van der Waals surface area contributed by atoms with E-state index in [-0.39, 0.29) is 10.3 Å². The number of nitrogens with zero attached hydrogens (tertiary/aromatic N) is 2. The van der Waals surface area contributed by atoms with Crippen LogP contribution in [-0.2, 0) is 12.8 Å². The van der Waals surface area contributed by atoms with Crippen molar-refractivity contribution in [1.82, 2.24) is 0 Å². The molecule has 0 spiro atoms. The van der Waals surface area contributed by atoms with Gasteiger partial charge in [0.05, 0.1) is 11.4 Å². The number of aliphatic imine (C=N–C) groups is 2. The van der Waals surface area contributed by atoms with Crippen molar-refractivity contribution in [2.75, 3.05) is 0 Å². The minimum atomic E-state index is 0.197. The fourth-order valence-corrected chi connectivity index (χ4v) is 2.83. The molecule has 0 unspecified atom stereocenters. The van der Waals surface area contributed by atoms with Crippen molar-refractivity contribution in [1.29, 1.82) is 0 Å². The summed E-state index contributed by atoms with van der Waals surface area (Å²) in [7, 11) is 0. The molecule has 0 aliphatic heterocycles. The Hall–Kier alpha value is -1.64. The van der Waals surface area contributed by atoms with Crippen LogP contribution < -0.4 is 0 Å². The van der Waals surface area contributed by atoms with Crippen LogP contribution >= 0.6 is 23.2 Å². The summed E-state index contributed by atoms with van der Waals surface area (Å²) in [5, 5.41) is 0.395. The fraction of sp³-hybridized carbons (Fsp3) is 0.364. The minimum Gasteiger partial charge on any atom is -0.233 e. The zero-order chi connectivity index (χ0) is 18.8. The second-order valence-electron chi connectivity index (χ2n) is 6.35. The van der Waals surface area contributed by atoms with Crippen molar-refractivity contribution in [3.8, 4) is 0 Å². The molecule has 0 heterocycles. The van der Waals surface area contributed by atoms with Crippen LogP contribution in [0, 0.1) is 0 Å². The van der Waals surface area contributed by atoms with Crippen molar-refractivity contribution in [3.63, 3.8) is 0 Å². The maximum absolute atomic E-state index is 6.23. The molecule has 0 fully saturated rings. The van der Waals surface area contributed by atoms with Gasteiger partial charge in [0.1, 0.15) is 0 Å². The fourth-order valence-electron chi connectivity index (χ4n) is 2.56. The van der Waals surface area contributed by atoms with E-state index in [9.17, 15) is 0 Å². The second-order valence-corrected chi connectivity index (χ2v) is 7.06. The van der Waals surface area contributed by atoms with Crippen LogP contribution in [0.2, 0.25) is 0 Å². The van der Waals surface area contributed by atoms with Gasteiger partial charge in [-0.15, -0.1) is 0 Å². The third-order valence-electron chi connectivity index (χ3n) is 4.14. The number of halogens is 2. The lowest BCUT2D eigenvalue weighted by atomic mass is 10.1. The Balaban J connectivity index is 2.03. The van der Waals surface area contributed by atoms with Gasteiger partial charge in [-0.2, -0.15) is 0 Å². The topological polar surface area (TPSA) is 24.7 Å². The minimum absolute atomic E-state index is 0.197. The number of unbranched alkanes of at least 4 members (excludes halogenated alkanes) is 2. The molecule has 0 amide bonds. The second kappa shape index (κ2) is 11.2. The van der Waals surface area contributed by atoms with E-state index in [2.05, 4.69) is 48.1 Å². The normalized spacial score (nSPS) is 12.5. The predicted octanol–water partition coefficient (Wildman–Crippen LogP) is 7.61. The van der Waals surface area contributed by atoms with Crippen LogP contribution in [0.1, 0.15) is 50.7 Å². The summed E-state index contributed by atoms with van der Waals surface area (Å²) in [6.45, 7) is 4.39. The van der Waals surface area contributed by atoms with Crippen molar-refractivity contribution < 1.29 is 0 Å². The lowest BCUT2D eigenvalue weighted by molar-refractivity contribution is 0.795. The van der Waals surface area contributed by atoms with Crippen molar-refractivity contribution in [3.05, 3.63) is 59.7 Å². The van der Waals surface area contributed by atoms with Gasteiger partial charge in [-0.3, -0.25) is 0 Å². The van der Waals surface area contributed by atoms with E-state index in [0.717, 1.165) is 24.2 Å². The number of rotatable bonds is 9. The zero-order valence-corrected chi connectivity index (χ0v) is 17.0. The van der Waals surface area contributed by atoms with E-state index in [1.54, 1.807) is 0 Å². The molecular weight excluding hydrogens is 363 g/mol. The predicted molar refractivity (Wildman–Crippen MR) is 116 cm³/mol. The first-order valence-corrected chi connectivity index (χ1v) is 10.0. The molecule has 2 nitrogen and oxygen atoms in total. The maximum atomic E-state index is 6.23. The van der Waals surface area contributed by atoms with Crippen LogP contribution in [0.15, 0.2) is 58.5 Å². The number of benzene rings is 2. The lowest BCUT2D eigenvalue weighted by Gasteiger charge is -2.02. The van der Waals surface area contributed by atoms with Gasteiger partial charge in [0.15, 0.2) is 10.3 Å². The SMILES string of the molecule is CCCCc1ccc(N=C(Cl)C(Cl)=Nc2ccc(CCCC)cc2)cc1. The summed E-state index contributed by atoms with van der Waals surface area (Å²) in [5.74, 6) is 0. The first-order chi connectivity index (χ1) is 12.6. The monoisotopic (exact) mass is 388 g/mol. The van der Waals surface area contributed by atoms with Crippen molar-refractivity contribution in [2.45, 2.75) is 52.4 Å². The van der Waals surface area contributed by atoms with Gasteiger partial charge in [0.2, 0.25) is 0 Å². The number of hydrogen-bond acceptors (Lipinski definition) is 2. The standard InChI is InChI=1S/C22H26Cl2N2/c1-3-5-7-17-9-13-19(14-10-17)25-21(23)22(24)26-20-15-11-18(12-16-20)8-6-4-2/h9-16H,3-8H2,1-2H3. The molecule has 0 aliphatic rings. The Morgan fingerprint density at radius 2 is 1.00 bits per heavy atom. The van der Waals surface area contributed by atoms with E-state index < -0.39 is 0 Å². The molecule has 2 aromatic carbocycles. The summed E-state index contributed by atoms with van der Waals surface area (Å²) in [4.78, 5) is 8.71. The van der Waals surface area contributed by atoms with Crippen molar-refractivity contribution in [2.24, 2.45) is 9.98 Å². The molecule has 0 radical (unpaired) electrons. The van der Waals surface area contributed by atoms with Crippen LogP contribution in [-0.4, -0.2) is 10.3 Å². The highest BCUT2D eigenvalue weighted by Gasteiger charge is 2.04. The first-order valence-electron chi connectivity index (χ1n) is 9.29. The summed E-state index contributed by atoms with van der Waals surface area (Å²) < 4.78 is 0. The van der Waals surface area contributed by atoms with Gasteiger partial charge in [-0.1, -0.05) is 74.2 Å². The van der Waals surface area contributed by atoms with E-state index in [4.69, 9.17) is 23.2 Å². The molecule has 2 rings (SSSR count). The summed E-state index contributed by atoms with van der Waals surface area (Å²) in [6, 6.07) is 16.2. The molecule has 26 heavy (non-hydrogen) atoms. The molecule has 0 aromatic heterocycles. The Morgan fingerprint density at radius 1 is 0.654 bits per heavy atom. The van der Waals surface area contributed by atoms with Crippen molar-refractivity contribution >= 4 is 44.9 Å². The van der Waals surface area contributed by atoms with E-state index in [1.165, 1.54) is 36.8 Å². The summed E-state index contributed by atoms with van der Waals surface area (Å²) in [6.07, 6.45) is 6.95. The molecule has 4 heteroatoms. The van der Waals surface area contributed by atoms with Gasteiger partial charge in [0.25, 0.3) is 0 Å². The molecule has 0 bridgehead atoms. The smallest absolute Gasteiger partial charge is 0.166 e. The molecule has 0 aliphatic carbocycles. The van der Waals surface area contributed by atoms with Crippen LogP contribution in [0.25, 0.3) is 0 Å². The highest BCUT2D eigenvalue weighted by Crippen LogP contribution is 2.19.